The minimum Gasteiger partial charge on any atom is -0.493 e. The molecule has 6 heterocycles. The third-order valence-corrected chi connectivity index (χ3v) is 18.9. The van der Waals surface area contributed by atoms with Gasteiger partial charge in [0.15, 0.2) is 22.8 Å². The van der Waals surface area contributed by atoms with Crippen LogP contribution in [0.1, 0.15) is 128 Å². The average molecular weight is 1200 g/mol. The number of methoxy groups -OCH3 is 3. The summed E-state index contributed by atoms with van der Waals surface area (Å²) in [6, 6.07) is 36.2. The Morgan fingerprint density at radius 3 is 1.51 bits per heavy atom. The SMILES string of the molecule is CC1CCCCN1CCCN.CC1CCCCN1CCCNCc1ncc(-c2ccccc2)s1.COc1cc(C(=O)N(CCCN2CCCCC2C)Cc2ncc(-c3ccccc3)s2)cc(OC)c1OC.O=Cc1ncc(-c2ccccc2)s1. The van der Waals surface area contributed by atoms with E-state index in [1.54, 1.807) is 62.3 Å². The lowest BCUT2D eigenvalue weighted by atomic mass is 10.0. The summed E-state index contributed by atoms with van der Waals surface area (Å²) in [6.45, 7) is 18.0. The monoisotopic (exact) mass is 1200 g/mol. The van der Waals surface area contributed by atoms with Gasteiger partial charge in [-0.1, -0.05) is 110 Å². The zero-order chi connectivity index (χ0) is 59.3. The largest absolute Gasteiger partial charge is 0.493 e. The second-order valence-corrected chi connectivity index (χ2v) is 25.1. The van der Waals surface area contributed by atoms with Crippen LogP contribution in [0.3, 0.4) is 0 Å². The molecular formula is C67H91N9O5S3. The molecule has 3 aliphatic heterocycles. The molecule has 3 atom stereocenters. The van der Waals surface area contributed by atoms with E-state index < -0.39 is 0 Å². The quantitative estimate of drug-likeness (QED) is 0.0462. The average Bonchev–Trinajstić information content (AvgIpc) is 4.45. The van der Waals surface area contributed by atoms with E-state index in [-0.39, 0.29) is 5.91 Å². The number of hydrogen-bond acceptors (Lipinski definition) is 16. The Morgan fingerprint density at radius 2 is 1.06 bits per heavy atom. The van der Waals surface area contributed by atoms with Crippen molar-refractivity contribution in [3.05, 3.63) is 142 Å². The summed E-state index contributed by atoms with van der Waals surface area (Å²) in [5.74, 6) is 1.32. The van der Waals surface area contributed by atoms with Crippen LogP contribution < -0.4 is 25.3 Å². The summed E-state index contributed by atoms with van der Waals surface area (Å²) >= 11 is 4.82. The highest BCUT2D eigenvalue weighted by molar-refractivity contribution is 7.16. The predicted molar refractivity (Wildman–Crippen MR) is 348 cm³/mol. The van der Waals surface area contributed by atoms with E-state index in [9.17, 15) is 9.59 Å². The number of benzene rings is 4. The van der Waals surface area contributed by atoms with Crippen molar-refractivity contribution in [3.8, 4) is 48.6 Å². The van der Waals surface area contributed by atoms with Crippen molar-refractivity contribution in [2.24, 2.45) is 5.73 Å². The smallest absolute Gasteiger partial charge is 0.254 e. The molecule has 452 valence electrons. The number of rotatable bonds is 23. The normalized spacial score (nSPS) is 17.3. The molecule has 4 aromatic carbocycles. The Labute approximate surface area is 512 Å². The lowest BCUT2D eigenvalue weighted by Gasteiger charge is -2.34. The molecule has 0 saturated carbocycles. The van der Waals surface area contributed by atoms with Crippen LogP contribution in [-0.2, 0) is 13.1 Å². The van der Waals surface area contributed by atoms with Gasteiger partial charge in [0, 0.05) is 61.9 Å². The predicted octanol–water partition coefficient (Wildman–Crippen LogP) is 13.7. The maximum Gasteiger partial charge on any atom is 0.254 e. The molecule has 0 aliphatic carbocycles. The first-order valence-electron chi connectivity index (χ1n) is 30.3. The number of hydrogen-bond donors (Lipinski definition) is 2. The molecule has 3 N–H and O–H groups in total. The number of nitrogens with zero attached hydrogens (tertiary/aromatic N) is 7. The van der Waals surface area contributed by atoms with E-state index in [0.717, 1.165) is 89.8 Å². The molecule has 0 bridgehead atoms. The van der Waals surface area contributed by atoms with Crippen LogP contribution in [0.5, 0.6) is 17.2 Å². The van der Waals surface area contributed by atoms with E-state index in [4.69, 9.17) is 19.9 Å². The number of nitrogens with two attached hydrogens (primary N) is 1. The van der Waals surface area contributed by atoms with Crippen molar-refractivity contribution in [3.63, 3.8) is 0 Å². The van der Waals surface area contributed by atoms with Gasteiger partial charge in [-0.2, -0.15) is 0 Å². The maximum absolute atomic E-state index is 13.8. The maximum atomic E-state index is 13.8. The highest BCUT2D eigenvalue weighted by Crippen LogP contribution is 2.39. The van der Waals surface area contributed by atoms with E-state index in [0.29, 0.717) is 47.0 Å². The first-order valence-corrected chi connectivity index (χ1v) is 32.7. The molecule has 14 nitrogen and oxygen atoms in total. The Bertz CT molecular complexity index is 2930. The van der Waals surface area contributed by atoms with Gasteiger partial charge in [0.25, 0.3) is 5.91 Å². The molecule has 7 aromatic rings. The number of thiazole rings is 3. The minimum absolute atomic E-state index is 0.0811. The van der Waals surface area contributed by atoms with Crippen LogP contribution in [0.15, 0.2) is 122 Å². The van der Waals surface area contributed by atoms with Gasteiger partial charge in [0.2, 0.25) is 5.75 Å². The van der Waals surface area contributed by atoms with Gasteiger partial charge in [-0.25, -0.2) is 15.0 Å². The number of aldehydes is 1. The summed E-state index contributed by atoms with van der Waals surface area (Å²) < 4.78 is 16.4. The standard InChI is InChI=1S/C29H37N3O4S.C19H27N3S.C10H7NOS.C9H20N2/c1-21-11-8-9-14-31(21)15-10-16-32(20-27-30-19-26(37-27)22-12-6-5-7-13-22)29(33)23-17-24(34-2)28(36-4)25(18-23)35-3;1-16-8-5-6-12-22(16)13-7-11-20-15-19-21-14-18(23-19)17-9-3-2-4-10-17;12-7-10-11-6-9(13-10)8-4-2-1-3-5-8;1-9-5-2-3-7-11(9)8-4-6-10/h5-7,12-13,17-19,21H,8-11,14-16,20H2,1-4H3;2-4,9-10,14,16,20H,5-8,11-13,15H2,1H3;1-7H;9H,2-8,10H2,1H3. The number of nitrogens with one attached hydrogen (secondary N) is 1. The van der Waals surface area contributed by atoms with E-state index >= 15 is 0 Å². The van der Waals surface area contributed by atoms with E-state index in [2.05, 4.69) is 98.2 Å². The van der Waals surface area contributed by atoms with Crippen LogP contribution in [-0.4, -0.2) is 145 Å². The van der Waals surface area contributed by atoms with E-state index in [1.165, 1.54) is 117 Å². The van der Waals surface area contributed by atoms with Gasteiger partial charge < -0.3 is 44.9 Å². The fraction of sp³-hybridized carbons (Fsp3) is 0.478. The highest BCUT2D eigenvalue weighted by Gasteiger charge is 2.25. The van der Waals surface area contributed by atoms with Gasteiger partial charge in [0.1, 0.15) is 10.0 Å². The molecule has 3 aliphatic rings. The molecule has 1 amide bonds. The second-order valence-electron chi connectivity index (χ2n) is 21.8. The van der Waals surface area contributed by atoms with Crippen LogP contribution in [0.25, 0.3) is 31.3 Å². The van der Waals surface area contributed by atoms with Gasteiger partial charge in [0.05, 0.1) is 42.5 Å². The molecule has 10 rings (SSSR count). The molecule has 3 saturated heterocycles. The molecule has 0 spiro atoms. The fourth-order valence-electron chi connectivity index (χ4n) is 11.0. The number of ether oxygens (including phenoxy) is 3. The molecule has 3 aromatic heterocycles. The molecule has 3 fully saturated rings. The number of aromatic nitrogens is 3. The Morgan fingerprint density at radius 1 is 0.607 bits per heavy atom. The van der Waals surface area contributed by atoms with Crippen LogP contribution in [0.4, 0.5) is 0 Å². The highest BCUT2D eigenvalue weighted by atomic mass is 32.1. The number of carbonyl (C=O) groups is 2. The van der Waals surface area contributed by atoms with Crippen molar-refractivity contribution in [2.75, 3.05) is 80.2 Å². The van der Waals surface area contributed by atoms with Gasteiger partial charge >= 0.3 is 0 Å². The molecule has 0 radical (unpaired) electrons. The van der Waals surface area contributed by atoms with Gasteiger partial charge in [-0.05, 0) is 153 Å². The fourth-order valence-corrected chi connectivity index (χ4v) is 13.5. The van der Waals surface area contributed by atoms with Crippen molar-refractivity contribution in [1.29, 1.82) is 0 Å². The third kappa shape index (κ3) is 20.7. The molecule has 17 heteroatoms. The minimum atomic E-state index is -0.0811. The van der Waals surface area contributed by atoms with Crippen molar-refractivity contribution >= 4 is 46.2 Å². The lowest BCUT2D eigenvalue weighted by molar-refractivity contribution is 0.0725. The topological polar surface area (TPSA) is 152 Å². The Balaban J connectivity index is 0.000000181. The second kappa shape index (κ2) is 36.2. The molecular weight excluding hydrogens is 1110 g/mol. The van der Waals surface area contributed by atoms with Gasteiger partial charge in [-0.3, -0.25) is 9.59 Å². The first-order chi connectivity index (χ1) is 41.1. The van der Waals surface area contributed by atoms with E-state index in [1.807, 2.05) is 65.8 Å². The molecule has 84 heavy (non-hydrogen) atoms. The summed E-state index contributed by atoms with van der Waals surface area (Å²) in [4.78, 5) is 50.4. The number of carbonyl (C=O) groups excluding carboxylic acids is 2. The number of piperidine rings is 3. The Kier molecular flexibility index (Phi) is 28.3. The van der Waals surface area contributed by atoms with Crippen LogP contribution >= 0.6 is 34.0 Å². The number of likely N-dealkylation sites (tertiary alicyclic amines) is 3. The zero-order valence-electron chi connectivity index (χ0n) is 50.6. The van der Waals surface area contributed by atoms with Crippen molar-refractivity contribution in [2.45, 2.75) is 129 Å². The van der Waals surface area contributed by atoms with Crippen LogP contribution in [0.2, 0.25) is 0 Å². The van der Waals surface area contributed by atoms with Crippen molar-refractivity contribution in [1.82, 2.24) is 39.9 Å². The molecule has 3 unspecified atom stereocenters. The van der Waals surface area contributed by atoms with Crippen LogP contribution in [0, 0.1) is 0 Å². The van der Waals surface area contributed by atoms with Gasteiger partial charge in [-0.15, -0.1) is 34.0 Å². The Hall–Kier alpha value is -5.89. The zero-order valence-corrected chi connectivity index (χ0v) is 53.0. The summed E-state index contributed by atoms with van der Waals surface area (Å²) in [5, 5.41) is 6.15. The van der Waals surface area contributed by atoms with Crippen molar-refractivity contribution < 1.29 is 23.8 Å². The summed E-state index contributed by atoms with van der Waals surface area (Å²) in [5.41, 5.74) is 9.46. The third-order valence-electron chi connectivity index (χ3n) is 15.9. The summed E-state index contributed by atoms with van der Waals surface area (Å²) in [6.07, 6.45) is 21.8. The number of amides is 1. The summed E-state index contributed by atoms with van der Waals surface area (Å²) in [7, 11) is 4.68. The lowest BCUT2D eigenvalue weighted by Crippen LogP contribution is -2.40. The first kappa shape index (κ1) is 65.6.